The Kier molecular flexibility index (Phi) is 3.00. The van der Waals surface area contributed by atoms with E-state index in [-0.39, 0.29) is 11.7 Å². The van der Waals surface area contributed by atoms with E-state index in [9.17, 15) is 14.3 Å². The molecule has 3 rings (SSSR count). The van der Waals surface area contributed by atoms with Crippen molar-refractivity contribution in [2.24, 2.45) is 5.92 Å². The van der Waals surface area contributed by atoms with Gasteiger partial charge in [0, 0.05) is 18.0 Å². The van der Waals surface area contributed by atoms with Crippen molar-refractivity contribution in [1.82, 2.24) is 9.55 Å². The van der Waals surface area contributed by atoms with Crippen LogP contribution in [-0.2, 0) is 4.79 Å². The van der Waals surface area contributed by atoms with Crippen LogP contribution in [0.15, 0.2) is 18.2 Å². The van der Waals surface area contributed by atoms with Crippen molar-refractivity contribution in [1.29, 1.82) is 0 Å². The van der Waals surface area contributed by atoms with Gasteiger partial charge in [0.2, 0.25) is 0 Å². The molecule has 2 unspecified atom stereocenters. The SMILES string of the molecule is CC(C(=O)O)C(C)c1nc2cc(F)ccc2n1C1CC1. The summed E-state index contributed by atoms with van der Waals surface area (Å²) < 4.78 is 15.4. The molecule has 0 aliphatic heterocycles. The minimum Gasteiger partial charge on any atom is -0.481 e. The van der Waals surface area contributed by atoms with E-state index in [2.05, 4.69) is 9.55 Å². The van der Waals surface area contributed by atoms with Gasteiger partial charge < -0.3 is 9.67 Å². The van der Waals surface area contributed by atoms with E-state index in [0.29, 0.717) is 11.6 Å². The van der Waals surface area contributed by atoms with Gasteiger partial charge in [0.1, 0.15) is 11.6 Å². The van der Waals surface area contributed by atoms with E-state index in [4.69, 9.17) is 0 Å². The van der Waals surface area contributed by atoms with Gasteiger partial charge in [-0.2, -0.15) is 0 Å². The van der Waals surface area contributed by atoms with Crippen molar-refractivity contribution in [3.63, 3.8) is 0 Å². The van der Waals surface area contributed by atoms with Gasteiger partial charge in [-0.3, -0.25) is 4.79 Å². The zero-order chi connectivity index (χ0) is 14.4. The molecule has 0 radical (unpaired) electrons. The lowest BCUT2D eigenvalue weighted by molar-refractivity contribution is -0.141. The number of aromatic nitrogens is 2. The summed E-state index contributed by atoms with van der Waals surface area (Å²) in [5.74, 6) is -1.12. The van der Waals surface area contributed by atoms with Gasteiger partial charge in [0.25, 0.3) is 0 Å². The molecule has 1 aromatic carbocycles. The van der Waals surface area contributed by atoms with Crippen LogP contribution in [-0.4, -0.2) is 20.6 Å². The number of hydrogen-bond donors (Lipinski definition) is 1. The zero-order valence-corrected chi connectivity index (χ0v) is 11.5. The predicted octanol–water partition coefficient (Wildman–Crippen LogP) is 3.33. The summed E-state index contributed by atoms with van der Waals surface area (Å²) in [6.45, 7) is 3.55. The smallest absolute Gasteiger partial charge is 0.306 e. The Labute approximate surface area is 116 Å². The highest BCUT2D eigenvalue weighted by molar-refractivity contribution is 5.77. The van der Waals surface area contributed by atoms with Crippen LogP contribution < -0.4 is 0 Å². The molecule has 1 aliphatic carbocycles. The molecule has 1 aliphatic rings. The number of fused-ring (bicyclic) bond motifs is 1. The lowest BCUT2D eigenvalue weighted by Gasteiger charge is -2.17. The second-order valence-electron chi connectivity index (χ2n) is 5.62. The first-order valence-corrected chi connectivity index (χ1v) is 6.89. The molecule has 1 N–H and O–H groups in total. The van der Waals surface area contributed by atoms with E-state index in [1.807, 2.05) is 6.92 Å². The minimum absolute atomic E-state index is 0.205. The number of hydrogen-bond acceptors (Lipinski definition) is 2. The maximum atomic E-state index is 13.3. The molecular formula is C15H17FN2O2. The van der Waals surface area contributed by atoms with Gasteiger partial charge in [-0.15, -0.1) is 0 Å². The molecule has 0 bridgehead atoms. The second-order valence-corrected chi connectivity index (χ2v) is 5.62. The molecule has 5 heteroatoms. The molecule has 2 aromatic rings. The van der Waals surface area contributed by atoms with Crippen LogP contribution in [0.1, 0.15) is 44.5 Å². The van der Waals surface area contributed by atoms with Crippen LogP contribution in [0, 0.1) is 11.7 Å². The number of nitrogens with zero attached hydrogens (tertiary/aromatic N) is 2. The molecule has 1 saturated carbocycles. The van der Waals surface area contributed by atoms with Gasteiger partial charge in [-0.1, -0.05) is 13.8 Å². The molecule has 0 saturated heterocycles. The minimum atomic E-state index is -0.835. The van der Waals surface area contributed by atoms with Crippen LogP contribution in [0.4, 0.5) is 4.39 Å². The van der Waals surface area contributed by atoms with Crippen LogP contribution in [0.3, 0.4) is 0 Å². The van der Waals surface area contributed by atoms with E-state index in [0.717, 1.165) is 24.2 Å². The van der Waals surface area contributed by atoms with E-state index >= 15 is 0 Å². The van der Waals surface area contributed by atoms with Crippen molar-refractivity contribution in [3.05, 3.63) is 29.8 Å². The Morgan fingerprint density at radius 2 is 2.15 bits per heavy atom. The van der Waals surface area contributed by atoms with Gasteiger partial charge in [-0.25, -0.2) is 9.37 Å². The standard InChI is InChI=1S/C15H17FN2O2/c1-8(9(2)15(19)20)14-17-12-7-10(16)3-6-13(12)18(14)11-4-5-11/h3,6-9,11H,4-5H2,1-2H3,(H,19,20). The molecule has 0 amide bonds. The van der Waals surface area contributed by atoms with Gasteiger partial charge in [0.15, 0.2) is 0 Å². The molecule has 1 fully saturated rings. The number of rotatable bonds is 4. The second kappa shape index (κ2) is 4.58. The molecule has 2 atom stereocenters. The van der Waals surface area contributed by atoms with Crippen LogP contribution in [0.2, 0.25) is 0 Å². The number of aliphatic carboxylic acids is 1. The third kappa shape index (κ3) is 2.07. The topological polar surface area (TPSA) is 55.1 Å². The molecular weight excluding hydrogens is 259 g/mol. The Morgan fingerprint density at radius 1 is 1.45 bits per heavy atom. The molecule has 4 nitrogen and oxygen atoms in total. The van der Waals surface area contributed by atoms with Crippen molar-refractivity contribution in [2.45, 2.75) is 38.6 Å². The fourth-order valence-electron chi connectivity index (χ4n) is 2.57. The number of halogens is 1. The first-order valence-electron chi connectivity index (χ1n) is 6.89. The molecule has 20 heavy (non-hydrogen) atoms. The lowest BCUT2D eigenvalue weighted by Crippen LogP contribution is -2.19. The number of carboxylic acids is 1. The highest BCUT2D eigenvalue weighted by Crippen LogP contribution is 2.41. The third-order valence-corrected chi connectivity index (χ3v) is 4.14. The summed E-state index contributed by atoms with van der Waals surface area (Å²) in [5, 5.41) is 9.18. The monoisotopic (exact) mass is 276 g/mol. The quantitative estimate of drug-likeness (QED) is 0.931. The normalized spacial score (nSPS) is 18.1. The maximum Gasteiger partial charge on any atom is 0.306 e. The summed E-state index contributed by atoms with van der Waals surface area (Å²) >= 11 is 0. The van der Waals surface area contributed by atoms with E-state index < -0.39 is 11.9 Å². The average molecular weight is 276 g/mol. The first-order chi connectivity index (χ1) is 9.49. The fourth-order valence-corrected chi connectivity index (χ4v) is 2.57. The first kappa shape index (κ1) is 13.1. The van der Waals surface area contributed by atoms with E-state index in [1.54, 1.807) is 13.0 Å². The summed E-state index contributed by atoms with van der Waals surface area (Å²) in [5.41, 5.74) is 1.50. The molecule has 0 spiro atoms. The molecule has 106 valence electrons. The average Bonchev–Trinajstić information content (AvgIpc) is 3.17. The van der Waals surface area contributed by atoms with Gasteiger partial charge in [-0.05, 0) is 25.0 Å². The highest BCUT2D eigenvalue weighted by Gasteiger charge is 2.32. The number of carboxylic acid groups (broad SMARTS) is 1. The van der Waals surface area contributed by atoms with Crippen LogP contribution in [0.25, 0.3) is 11.0 Å². The summed E-state index contributed by atoms with van der Waals surface area (Å²) in [6.07, 6.45) is 2.15. The van der Waals surface area contributed by atoms with Gasteiger partial charge >= 0.3 is 5.97 Å². The maximum absolute atomic E-state index is 13.3. The fraction of sp³-hybridized carbons (Fsp3) is 0.467. The van der Waals surface area contributed by atoms with Crippen molar-refractivity contribution >= 4 is 17.0 Å². The number of carbonyl (C=O) groups is 1. The van der Waals surface area contributed by atoms with Crippen molar-refractivity contribution in [2.75, 3.05) is 0 Å². The Hall–Kier alpha value is -1.91. The summed E-state index contributed by atoms with van der Waals surface area (Å²) in [7, 11) is 0. The Morgan fingerprint density at radius 3 is 2.75 bits per heavy atom. The van der Waals surface area contributed by atoms with Gasteiger partial charge in [0.05, 0.1) is 17.0 Å². The Bertz CT molecular complexity index is 676. The summed E-state index contributed by atoms with van der Waals surface area (Å²) in [4.78, 5) is 15.7. The van der Waals surface area contributed by atoms with Crippen molar-refractivity contribution in [3.8, 4) is 0 Å². The molecule has 1 aromatic heterocycles. The highest BCUT2D eigenvalue weighted by atomic mass is 19.1. The number of imidazole rings is 1. The predicted molar refractivity (Wildman–Crippen MR) is 73.2 cm³/mol. The van der Waals surface area contributed by atoms with Crippen LogP contribution >= 0.6 is 0 Å². The zero-order valence-electron chi connectivity index (χ0n) is 11.5. The van der Waals surface area contributed by atoms with E-state index in [1.165, 1.54) is 12.1 Å². The third-order valence-electron chi connectivity index (χ3n) is 4.14. The number of benzene rings is 1. The largest absolute Gasteiger partial charge is 0.481 e. The van der Waals surface area contributed by atoms with Crippen molar-refractivity contribution < 1.29 is 14.3 Å². The van der Waals surface area contributed by atoms with Crippen LogP contribution in [0.5, 0.6) is 0 Å². The Balaban J connectivity index is 2.14. The summed E-state index contributed by atoms with van der Waals surface area (Å²) in [6, 6.07) is 4.95. The lowest BCUT2D eigenvalue weighted by atomic mass is 9.95. The molecule has 1 heterocycles.